The lowest BCUT2D eigenvalue weighted by atomic mass is 9.89. The average molecular weight is 533 g/mol. The number of hydrogen-bond donors (Lipinski definition) is 0. The van der Waals surface area contributed by atoms with Gasteiger partial charge in [-0.15, -0.1) is 0 Å². The van der Waals surface area contributed by atoms with Crippen LogP contribution in [0.5, 0.6) is 0 Å². The number of benzene rings is 1. The molecule has 1 aromatic carbocycles. The molecule has 0 amide bonds. The second kappa shape index (κ2) is 27.7. The van der Waals surface area contributed by atoms with Crippen LogP contribution in [0, 0.1) is 5.92 Å². The maximum Gasteiger partial charge on any atom is 0.104 e. The predicted octanol–water partition coefficient (Wildman–Crippen LogP) is 10.7. The van der Waals surface area contributed by atoms with Crippen molar-refractivity contribution in [2.24, 2.45) is 5.92 Å². The molecule has 38 heavy (non-hydrogen) atoms. The lowest BCUT2D eigenvalue weighted by molar-refractivity contribution is -0.0451. The van der Waals surface area contributed by atoms with Gasteiger partial charge in [-0.2, -0.15) is 0 Å². The van der Waals surface area contributed by atoms with E-state index in [1.165, 1.54) is 128 Å². The molecule has 0 bridgehead atoms. The minimum absolute atomic E-state index is 0.00763. The summed E-state index contributed by atoms with van der Waals surface area (Å²) < 4.78 is 17.2. The Morgan fingerprint density at radius 1 is 0.553 bits per heavy atom. The molecular formula is C35H64O3. The third-order valence-corrected chi connectivity index (χ3v) is 7.89. The number of hydrogen-bond acceptors (Lipinski definition) is 3. The van der Waals surface area contributed by atoms with E-state index in [4.69, 9.17) is 14.2 Å². The third kappa shape index (κ3) is 22.0. The maximum atomic E-state index is 5.90. The van der Waals surface area contributed by atoms with Crippen molar-refractivity contribution in [1.29, 1.82) is 0 Å². The summed E-state index contributed by atoms with van der Waals surface area (Å²) in [4.78, 5) is 0. The van der Waals surface area contributed by atoms with Gasteiger partial charge in [0.15, 0.2) is 0 Å². The van der Waals surface area contributed by atoms with Crippen molar-refractivity contribution >= 4 is 0 Å². The number of unbranched alkanes of at least 4 members (excludes halogenated alkanes) is 14. The highest BCUT2D eigenvalue weighted by Crippen LogP contribution is 2.24. The van der Waals surface area contributed by atoms with Crippen molar-refractivity contribution in [3.05, 3.63) is 35.9 Å². The van der Waals surface area contributed by atoms with E-state index in [2.05, 4.69) is 26.0 Å². The highest BCUT2D eigenvalue weighted by molar-refractivity contribution is 5.13. The Hall–Kier alpha value is -0.900. The van der Waals surface area contributed by atoms with Gasteiger partial charge in [-0.1, -0.05) is 166 Å². The van der Waals surface area contributed by atoms with Crippen LogP contribution in [0.1, 0.15) is 148 Å². The van der Waals surface area contributed by atoms with Crippen LogP contribution in [0.4, 0.5) is 0 Å². The fourth-order valence-electron chi connectivity index (χ4n) is 5.31. The summed E-state index contributed by atoms with van der Waals surface area (Å²) in [5.74, 6) is 0.964. The number of methoxy groups -OCH3 is 1. The van der Waals surface area contributed by atoms with Crippen LogP contribution >= 0.6 is 0 Å². The first kappa shape index (κ1) is 35.1. The van der Waals surface area contributed by atoms with Gasteiger partial charge in [-0.05, 0) is 17.9 Å². The Labute approximate surface area is 237 Å². The van der Waals surface area contributed by atoms with Crippen molar-refractivity contribution in [2.45, 2.75) is 155 Å². The minimum Gasteiger partial charge on any atom is -0.379 e. The Balaban J connectivity index is 2.06. The van der Waals surface area contributed by atoms with Gasteiger partial charge < -0.3 is 14.2 Å². The van der Waals surface area contributed by atoms with E-state index in [9.17, 15) is 0 Å². The van der Waals surface area contributed by atoms with Gasteiger partial charge in [0.1, 0.15) is 6.10 Å². The molecule has 1 aromatic rings. The molecule has 0 N–H and O–H groups in total. The Morgan fingerprint density at radius 3 is 1.58 bits per heavy atom. The van der Waals surface area contributed by atoms with Crippen LogP contribution in [0.25, 0.3) is 0 Å². The SMILES string of the molecule is CCCCCCCCCCCC(CCCCCC)CCCCCCOCC(COCc1ccccc1)OC. The molecule has 2 atom stereocenters. The van der Waals surface area contributed by atoms with Crippen molar-refractivity contribution in [2.75, 3.05) is 26.9 Å². The first-order chi connectivity index (χ1) is 18.8. The van der Waals surface area contributed by atoms with Gasteiger partial charge in [0, 0.05) is 13.7 Å². The molecule has 0 aromatic heterocycles. The molecule has 2 unspecified atom stereocenters. The topological polar surface area (TPSA) is 27.7 Å². The quantitative estimate of drug-likeness (QED) is 0.0960. The first-order valence-corrected chi connectivity index (χ1v) is 16.5. The Morgan fingerprint density at radius 2 is 1.03 bits per heavy atom. The van der Waals surface area contributed by atoms with E-state index in [-0.39, 0.29) is 6.10 Å². The maximum absolute atomic E-state index is 5.90. The van der Waals surface area contributed by atoms with Crippen LogP contribution in [0.2, 0.25) is 0 Å². The van der Waals surface area contributed by atoms with Crippen molar-refractivity contribution in [3.8, 4) is 0 Å². The Kier molecular flexibility index (Phi) is 25.6. The highest BCUT2D eigenvalue weighted by atomic mass is 16.6. The zero-order chi connectivity index (χ0) is 27.4. The van der Waals surface area contributed by atoms with Gasteiger partial charge in [0.2, 0.25) is 0 Å². The van der Waals surface area contributed by atoms with Crippen molar-refractivity contribution in [3.63, 3.8) is 0 Å². The molecule has 0 radical (unpaired) electrons. The largest absolute Gasteiger partial charge is 0.379 e. The van der Waals surface area contributed by atoms with Crippen LogP contribution in [0.3, 0.4) is 0 Å². The summed E-state index contributed by atoms with van der Waals surface area (Å²) in [7, 11) is 1.74. The lowest BCUT2D eigenvalue weighted by Gasteiger charge is -2.17. The monoisotopic (exact) mass is 532 g/mol. The summed E-state index contributed by atoms with van der Waals surface area (Å²) >= 11 is 0. The molecule has 0 fully saturated rings. The fourth-order valence-corrected chi connectivity index (χ4v) is 5.31. The third-order valence-electron chi connectivity index (χ3n) is 7.89. The molecule has 0 aliphatic carbocycles. The van der Waals surface area contributed by atoms with Gasteiger partial charge in [-0.3, -0.25) is 0 Å². The first-order valence-electron chi connectivity index (χ1n) is 16.5. The standard InChI is InChI=1S/C35H64O3/c1-4-6-8-10-11-12-13-14-19-25-33(24-18-9-7-5-2)26-20-15-16-23-29-37-31-35(36-3)32-38-30-34-27-21-17-22-28-34/h17,21-22,27-28,33,35H,4-16,18-20,23-26,29-32H2,1-3H3. The predicted molar refractivity (Wildman–Crippen MR) is 165 cm³/mol. The van der Waals surface area contributed by atoms with Crippen LogP contribution in [-0.4, -0.2) is 33.0 Å². The number of rotatable bonds is 29. The van der Waals surface area contributed by atoms with Crippen molar-refractivity contribution in [1.82, 2.24) is 0 Å². The lowest BCUT2D eigenvalue weighted by Crippen LogP contribution is -2.24. The van der Waals surface area contributed by atoms with E-state index >= 15 is 0 Å². The normalized spacial score (nSPS) is 13.1. The summed E-state index contributed by atoms with van der Waals surface area (Å²) in [5, 5.41) is 0. The zero-order valence-electron chi connectivity index (χ0n) is 25.7. The van der Waals surface area contributed by atoms with E-state index in [1.54, 1.807) is 7.11 Å². The van der Waals surface area contributed by atoms with Gasteiger partial charge in [0.25, 0.3) is 0 Å². The van der Waals surface area contributed by atoms with E-state index in [1.807, 2.05) is 18.2 Å². The van der Waals surface area contributed by atoms with Crippen molar-refractivity contribution < 1.29 is 14.2 Å². The van der Waals surface area contributed by atoms with Gasteiger partial charge in [-0.25, -0.2) is 0 Å². The molecule has 3 heteroatoms. The van der Waals surface area contributed by atoms with E-state index in [0.29, 0.717) is 19.8 Å². The van der Waals surface area contributed by atoms with Gasteiger partial charge in [0.05, 0.1) is 19.8 Å². The number of ether oxygens (including phenoxy) is 3. The summed E-state index contributed by atoms with van der Waals surface area (Å²) in [6.45, 7) is 7.26. The molecule has 0 saturated heterocycles. The summed E-state index contributed by atoms with van der Waals surface area (Å²) in [5.41, 5.74) is 1.19. The fraction of sp³-hybridized carbons (Fsp3) is 0.829. The molecular weight excluding hydrogens is 468 g/mol. The molecule has 0 spiro atoms. The van der Waals surface area contributed by atoms with E-state index < -0.39 is 0 Å². The Bertz CT molecular complexity index is 576. The molecule has 3 nitrogen and oxygen atoms in total. The van der Waals surface area contributed by atoms with E-state index in [0.717, 1.165) is 18.9 Å². The average Bonchev–Trinajstić information content (AvgIpc) is 2.94. The molecule has 0 aliphatic heterocycles. The van der Waals surface area contributed by atoms with Gasteiger partial charge >= 0.3 is 0 Å². The van der Waals surface area contributed by atoms with Crippen LogP contribution < -0.4 is 0 Å². The zero-order valence-corrected chi connectivity index (χ0v) is 25.7. The molecule has 1 rings (SSSR count). The van der Waals surface area contributed by atoms with Crippen LogP contribution in [0.15, 0.2) is 30.3 Å². The summed E-state index contributed by atoms with van der Waals surface area (Å²) in [6.07, 6.45) is 28.1. The smallest absolute Gasteiger partial charge is 0.104 e. The molecule has 0 aliphatic rings. The second-order valence-electron chi connectivity index (χ2n) is 11.5. The second-order valence-corrected chi connectivity index (χ2v) is 11.5. The summed E-state index contributed by atoms with van der Waals surface area (Å²) in [6, 6.07) is 10.3. The minimum atomic E-state index is 0.00763. The molecule has 0 heterocycles. The molecule has 222 valence electrons. The van der Waals surface area contributed by atoms with Crippen LogP contribution in [-0.2, 0) is 20.8 Å². The molecule has 0 saturated carbocycles. The highest BCUT2D eigenvalue weighted by Gasteiger charge is 2.10.